The van der Waals surface area contributed by atoms with Crippen LogP contribution in [0.1, 0.15) is 27.7 Å². The maximum atomic E-state index is 11.6. The fraction of sp³-hybridized carbons (Fsp3) is 0.800. The van der Waals surface area contributed by atoms with Crippen molar-refractivity contribution in [2.75, 3.05) is 12.4 Å². The molecule has 4 nitrogen and oxygen atoms in total. The summed E-state index contributed by atoms with van der Waals surface area (Å²) >= 11 is 5.65. The standard InChI is InChI=1S/C10H19ClN2O2/c1-5-12-8(14)7(2)13-9(15)10(3,4)6-11/h7H,5-6H2,1-4H3,(H,12,14)(H,13,15). The normalized spacial score (nSPS) is 13.1. The summed E-state index contributed by atoms with van der Waals surface area (Å²) in [6.45, 7) is 7.50. The number of amides is 2. The monoisotopic (exact) mass is 234 g/mol. The van der Waals surface area contributed by atoms with Crippen molar-refractivity contribution in [1.29, 1.82) is 0 Å². The molecule has 5 heteroatoms. The molecule has 0 aromatic carbocycles. The van der Waals surface area contributed by atoms with Crippen molar-refractivity contribution in [2.45, 2.75) is 33.7 Å². The van der Waals surface area contributed by atoms with Crippen molar-refractivity contribution in [2.24, 2.45) is 5.41 Å². The van der Waals surface area contributed by atoms with E-state index >= 15 is 0 Å². The summed E-state index contributed by atoms with van der Waals surface area (Å²) in [5, 5.41) is 5.25. The van der Waals surface area contributed by atoms with E-state index in [0.717, 1.165) is 0 Å². The summed E-state index contributed by atoms with van der Waals surface area (Å²) in [4.78, 5) is 23.0. The van der Waals surface area contributed by atoms with Gasteiger partial charge in [0.1, 0.15) is 6.04 Å². The fourth-order valence-corrected chi connectivity index (χ4v) is 0.967. The van der Waals surface area contributed by atoms with Crippen molar-refractivity contribution in [1.82, 2.24) is 10.6 Å². The Bertz CT molecular complexity index is 242. The summed E-state index contributed by atoms with van der Waals surface area (Å²) in [7, 11) is 0. The SMILES string of the molecule is CCNC(=O)C(C)NC(=O)C(C)(C)CCl. The summed E-state index contributed by atoms with van der Waals surface area (Å²) < 4.78 is 0. The molecule has 0 aliphatic heterocycles. The predicted molar refractivity (Wildman–Crippen MR) is 60.8 cm³/mol. The summed E-state index contributed by atoms with van der Waals surface area (Å²) in [5.41, 5.74) is -0.650. The third-order valence-electron chi connectivity index (χ3n) is 2.04. The van der Waals surface area contributed by atoms with Gasteiger partial charge in [0.05, 0.1) is 5.41 Å². The molecule has 15 heavy (non-hydrogen) atoms. The Morgan fingerprint density at radius 1 is 1.40 bits per heavy atom. The molecule has 0 fully saturated rings. The number of hydrogen-bond donors (Lipinski definition) is 2. The molecule has 0 rings (SSSR count). The van der Waals surface area contributed by atoms with Gasteiger partial charge >= 0.3 is 0 Å². The number of carbonyl (C=O) groups is 2. The Morgan fingerprint density at radius 3 is 2.33 bits per heavy atom. The first-order valence-corrected chi connectivity index (χ1v) is 5.53. The van der Waals surface area contributed by atoms with E-state index in [-0.39, 0.29) is 17.7 Å². The molecule has 0 heterocycles. The quantitative estimate of drug-likeness (QED) is 0.695. The second-order valence-electron chi connectivity index (χ2n) is 4.11. The fourth-order valence-electron chi connectivity index (χ4n) is 0.846. The molecule has 0 saturated carbocycles. The van der Waals surface area contributed by atoms with Crippen molar-refractivity contribution < 1.29 is 9.59 Å². The molecule has 1 unspecified atom stereocenters. The van der Waals surface area contributed by atoms with Crippen LogP contribution in [0.4, 0.5) is 0 Å². The maximum Gasteiger partial charge on any atom is 0.242 e. The van der Waals surface area contributed by atoms with Crippen LogP contribution in [-0.2, 0) is 9.59 Å². The van der Waals surface area contributed by atoms with E-state index < -0.39 is 11.5 Å². The summed E-state index contributed by atoms with van der Waals surface area (Å²) in [6.07, 6.45) is 0. The number of carbonyl (C=O) groups excluding carboxylic acids is 2. The van der Waals surface area contributed by atoms with Gasteiger partial charge in [-0.25, -0.2) is 0 Å². The van der Waals surface area contributed by atoms with Crippen molar-refractivity contribution in [3.05, 3.63) is 0 Å². The molecule has 2 amide bonds. The number of hydrogen-bond acceptors (Lipinski definition) is 2. The Labute approximate surface area is 95.7 Å². The molecule has 0 aliphatic rings. The minimum atomic E-state index is -0.650. The smallest absolute Gasteiger partial charge is 0.242 e. The van der Waals surface area contributed by atoms with Crippen LogP contribution in [0.25, 0.3) is 0 Å². The van der Waals surface area contributed by atoms with Crippen LogP contribution < -0.4 is 10.6 Å². The average Bonchev–Trinajstić information content (AvgIpc) is 2.17. The Kier molecular flexibility index (Phi) is 5.65. The number of likely N-dealkylation sites (N-methyl/N-ethyl adjacent to an activating group) is 1. The maximum absolute atomic E-state index is 11.6. The molecule has 88 valence electrons. The van der Waals surface area contributed by atoms with E-state index in [9.17, 15) is 9.59 Å². The first kappa shape index (κ1) is 14.2. The predicted octanol–water partition coefficient (Wildman–Crippen LogP) is 0.892. The molecule has 0 spiro atoms. The molecule has 2 N–H and O–H groups in total. The van der Waals surface area contributed by atoms with Gasteiger partial charge in [-0.3, -0.25) is 9.59 Å². The van der Waals surface area contributed by atoms with Gasteiger partial charge in [0.25, 0.3) is 0 Å². The van der Waals surface area contributed by atoms with Gasteiger partial charge in [0.15, 0.2) is 0 Å². The Hall–Kier alpha value is -0.770. The Morgan fingerprint density at radius 2 is 1.93 bits per heavy atom. The van der Waals surface area contributed by atoms with E-state index in [0.29, 0.717) is 6.54 Å². The third-order valence-corrected chi connectivity index (χ3v) is 2.71. The van der Waals surface area contributed by atoms with Gasteiger partial charge in [-0.15, -0.1) is 11.6 Å². The second-order valence-corrected chi connectivity index (χ2v) is 4.37. The zero-order valence-corrected chi connectivity index (χ0v) is 10.4. The van der Waals surface area contributed by atoms with E-state index in [1.165, 1.54) is 0 Å². The van der Waals surface area contributed by atoms with E-state index in [2.05, 4.69) is 10.6 Å². The summed E-state index contributed by atoms with van der Waals surface area (Å²) in [6, 6.07) is -0.528. The molecule has 0 radical (unpaired) electrons. The van der Waals surface area contributed by atoms with Crippen LogP contribution in [0.15, 0.2) is 0 Å². The van der Waals surface area contributed by atoms with Crippen molar-refractivity contribution >= 4 is 23.4 Å². The van der Waals surface area contributed by atoms with Gasteiger partial charge in [-0.05, 0) is 27.7 Å². The van der Waals surface area contributed by atoms with Crippen LogP contribution in [-0.4, -0.2) is 30.3 Å². The topological polar surface area (TPSA) is 58.2 Å². The van der Waals surface area contributed by atoms with E-state index in [1.54, 1.807) is 20.8 Å². The first-order chi connectivity index (χ1) is 6.85. The summed E-state index contributed by atoms with van der Waals surface area (Å²) in [5.74, 6) is -0.173. The van der Waals surface area contributed by atoms with Gasteiger partial charge in [-0.1, -0.05) is 0 Å². The minimum absolute atomic E-state index is 0.184. The van der Waals surface area contributed by atoms with Gasteiger partial charge < -0.3 is 10.6 Å². The minimum Gasteiger partial charge on any atom is -0.355 e. The van der Waals surface area contributed by atoms with Crippen molar-refractivity contribution in [3.8, 4) is 0 Å². The molecular weight excluding hydrogens is 216 g/mol. The van der Waals surface area contributed by atoms with Crippen LogP contribution in [0.3, 0.4) is 0 Å². The molecule has 0 saturated heterocycles. The molecule has 0 bridgehead atoms. The highest BCUT2D eigenvalue weighted by Crippen LogP contribution is 2.16. The largest absolute Gasteiger partial charge is 0.355 e. The second kappa shape index (κ2) is 5.95. The average molecular weight is 235 g/mol. The van der Waals surface area contributed by atoms with E-state index in [1.807, 2.05) is 6.92 Å². The van der Waals surface area contributed by atoms with Gasteiger partial charge in [-0.2, -0.15) is 0 Å². The van der Waals surface area contributed by atoms with Crippen LogP contribution >= 0.6 is 11.6 Å². The Balaban J connectivity index is 4.24. The lowest BCUT2D eigenvalue weighted by Gasteiger charge is -2.23. The number of halogens is 1. The number of rotatable bonds is 5. The first-order valence-electron chi connectivity index (χ1n) is 4.99. The highest BCUT2D eigenvalue weighted by molar-refractivity contribution is 6.19. The van der Waals surface area contributed by atoms with Crippen LogP contribution in [0, 0.1) is 5.41 Å². The van der Waals surface area contributed by atoms with Crippen LogP contribution in [0.5, 0.6) is 0 Å². The van der Waals surface area contributed by atoms with Gasteiger partial charge in [0.2, 0.25) is 11.8 Å². The molecule has 1 atom stereocenters. The zero-order valence-electron chi connectivity index (χ0n) is 9.69. The zero-order chi connectivity index (χ0) is 12.1. The lowest BCUT2D eigenvalue weighted by Crippen LogP contribution is -2.49. The third kappa shape index (κ3) is 4.51. The number of nitrogens with one attached hydrogen (secondary N) is 2. The molecule has 0 aromatic heterocycles. The highest BCUT2D eigenvalue weighted by atomic mass is 35.5. The molecule has 0 aromatic rings. The van der Waals surface area contributed by atoms with Crippen molar-refractivity contribution in [3.63, 3.8) is 0 Å². The lowest BCUT2D eigenvalue weighted by atomic mass is 9.95. The number of alkyl halides is 1. The highest BCUT2D eigenvalue weighted by Gasteiger charge is 2.28. The van der Waals surface area contributed by atoms with Gasteiger partial charge in [0, 0.05) is 12.4 Å². The lowest BCUT2D eigenvalue weighted by molar-refractivity contribution is -0.133. The molecular formula is C10H19ClN2O2. The molecule has 0 aliphatic carbocycles. The van der Waals surface area contributed by atoms with Crippen LogP contribution in [0.2, 0.25) is 0 Å². The van der Waals surface area contributed by atoms with E-state index in [4.69, 9.17) is 11.6 Å².